The third-order valence-electron chi connectivity index (χ3n) is 3.89. The molecule has 2 nitrogen and oxygen atoms in total. The highest BCUT2D eigenvalue weighted by molar-refractivity contribution is 9.10. The van der Waals surface area contributed by atoms with Crippen LogP contribution in [0.15, 0.2) is 33.2 Å². The number of carbonyl (C=O) groups is 1. The monoisotopic (exact) mass is 410 g/mol. The van der Waals surface area contributed by atoms with E-state index >= 15 is 0 Å². The molecule has 1 aromatic rings. The summed E-state index contributed by atoms with van der Waals surface area (Å²) in [5, 5.41) is 0.562. The molecule has 0 N–H and O–H groups in total. The van der Waals surface area contributed by atoms with E-state index in [0.717, 1.165) is 10.0 Å². The third kappa shape index (κ3) is 3.76. The molecule has 0 bridgehead atoms. The molecule has 0 spiro atoms. The van der Waals surface area contributed by atoms with Crippen LogP contribution in [0.25, 0.3) is 0 Å². The van der Waals surface area contributed by atoms with E-state index in [1.165, 1.54) is 0 Å². The second-order valence-electron chi connectivity index (χ2n) is 5.59. The van der Waals surface area contributed by atoms with Gasteiger partial charge in [-0.3, -0.25) is 4.79 Å². The fourth-order valence-corrected chi connectivity index (χ4v) is 3.57. The lowest BCUT2D eigenvalue weighted by Gasteiger charge is -2.09. The number of ether oxygens (including phenoxy) is 1. The van der Waals surface area contributed by atoms with Crippen molar-refractivity contribution < 1.29 is 9.53 Å². The molecule has 1 aliphatic carbocycles. The van der Waals surface area contributed by atoms with Gasteiger partial charge < -0.3 is 4.74 Å². The summed E-state index contributed by atoms with van der Waals surface area (Å²) >= 11 is 20.8. The number of benzene rings is 1. The summed E-state index contributed by atoms with van der Waals surface area (Å²) in [6.45, 7) is 4.11. The van der Waals surface area contributed by atoms with Crippen molar-refractivity contribution in [2.75, 3.05) is 0 Å². The average molecular weight is 413 g/mol. The molecular weight excluding hydrogens is 398 g/mol. The molecule has 0 unspecified atom stereocenters. The van der Waals surface area contributed by atoms with E-state index in [4.69, 9.17) is 39.5 Å². The van der Waals surface area contributed by atoms with Crippen LogP contribution in [-0.4, -0.2) is 5.97 Å². The zero-order chi connectivity index (χ0) is 15.8. The molecule has 2 atom stereocenters. The summed E-state index contributed by atoms with van der Waals surface area (Å²) in [6, 6.07) is 5.44. The highest BCUT2D eigenvalue weighted by atomic mass is 79.9. The summed E-state index contributed by atoms with van der Waals surface area (Å²) in [6.07, 6.45) is 1.69. The van der Waals surface area contributed by atoms with Crippen LogP contribution in [0.1, 0.15) is 19.4 Å². The lowest BCUT2D eigenvalue weighted by Crippen LogP contribution is -2.11. The van der Waals surface area contributed by atoms with Crippen LogP contribution in [0.5, 0.6) is 0 Å². The summed E-state index contributed by atoms with van der Waals surface area (Å²) in [4.78, 5) is 12.2. The Morgan fingerprint density at radius 3 is 2.67 bits per heavy atom. The number of carbonyl (C=O) groups excluding carboxylic acids is 1. The van der Waals surface area contributed by atoms with Crippen molar-refractivity contribution >= 4 is 56.7 Å². The maximum Gasteiger partial charge on any atom is 0.310 e. The van der Waals surface area contributed by atoms with Crippen molar-refractivity contribution in [3.05, 3.63) is 43.8 Å². The van der Waals surface area contributed by atoms with Gasteiger partial charge in [-0.2, -0.15) is 0 Å². The molecule has 1 saturated carbocycles. The third-order valence-corrected chi connectivity index (χ3v) is 5.24. The van der Waals surface area contributed by atoms with Gasteiger partial charge in [0.1, 0.15) is 11.1 Å². The Hall–Kier alpha value is -0.220. The molecule has 0 saturated heterocycles. The normalized spacial score (nSPS) is 22.6. The molecule has 1 aromatic carbocycles. The molecule has 6 heteroatoms. The first kappa shape index (κ1) is 17.1. The fourth-order valence-electron chi connectivity index (χ4n) is 2.48. The van der Waals surface area contributed by atoms with E-state index in [1.807, 2.05) is 26.0 Å². The highest BCUT2D eigenvalue weighted by Crippen LogP contribution is 2.60. The van der Waals surface area contributed by atoms with Crippen LogP contribution in [0.3, 0.4) is 0 Å². The molecular formula is C15H14BrCl3O2. The van der Waals surface area contributed by atoms with Gasteiger partial charge >= 0.3 is 5.97 Å². The first-order valence-electron chi connectivity index (χ1n) is 6.37. The number of hydrogen-bond donors (Lipinski definition) is 0. The molecule has 1 aliphatic rings. The molecule has 2 rings (SSSR count). The second kappa shape index (κ2) is 6.49. The van der Waals surface area contributed by atoms with Crippen LogP contribution in [0.2, 0.25) is 5.02 Å². The predicted octanol–water partition coefficient (Wildman–Crippen LogP) is 5.74. The SMILES string of the molecule is CC1(C)[C@@H](C=C(Cl)Cl)[C@@H]1C(=O)OCc1c(Cl)cccc1Br. The molecule has 1 fully saturated rings. The average Bonchev–Trinajstić information content (AvgIpc) is 2.89. The van der Waals surface area contributed by atoms with Crippen LogP contribution in [0.4, 0.5) is 0 Å². The van der Waals surface area contributed by atoms with Gasteiger partial charge in [-0.1, -0.05) is 70.6 Å². The molecule has 0 aliphatic heterocycles. The van der Waals surface area contributed by atoms with E-state index in [2.05, 4.69) is 15.9 Å². The Kier molecular flexibility index (Phi) is 5.30. The molecule has 21 heavy (non-hydrogen) atoms. The minimum Gasteiger partial charge on any atom is -0.460 e. The van der Waals surface area contributed by atoms with Crippen molar-refractivity contribution in [1.29, 1.82) is 0 Å². The quantitative estimate of drug-likeness (QED) is 0.590. The second-order valence-corrected chi connectivity index (χ2v) is 7.86. The Morgan fingerprint density at radius 1 is 1.43 bits per heavy atom. The van der Waals surface area contributed by atoms with E-state index in [1.54, 1.807) is 12.1 Å². The largest absolute Gasteiger partial charge is 0.460 e. The van der Waals surface area contributed by atoms with Gasteiger partial charge in [0.2, 0.25) is 0 Å². The van der Waals surface area contributed by atoms with Gasteiger partial charge in [0.05, 0.1) is 5.92 Å². The van der Waals surface area contributed by atoms with Crippen LogP contribution < -0.4 is 0 Å². The summed E-state index contributed by atoms with van der Waals surface area (Å²) in [5.41, 5.74) is 0.567. The van der Waals surface area contributed by atoms with Crippen LogP contribution in [0, 0.1) is 17.3 Å². The standard InChI is InChI=1S/C15H14BrCl3O2/c1-15(2)9(6-12(18)19)13(15)14(20)21-7-8-10(16)4-3-5-11(8)17/h3-6,9,13H,7H2,1-2H3/t9-,13+/m0/s1. The smallest absolute Gasteiger partial charge is 0.310 e. The topological polar surface area (TPSA) is 26.3 Å². The summed E-state index contributed by atoms with van der Waals surface area (Å²) < 4.78 is 6.39. The number of allylic oxidation sites excluding steroid dienone is 1. The van der Waals surface area contributed by atoms with Gasteiger partial charge in [0.15, 0.2) is 0 Å². The minimum atomic E-state index is -0.261. The Labute approximate surface area is 147 Å². The van der Waals surface area contributed by atoms with E-state index in [0.29, 0.717) is 5.02 Å². The van der Waals surface area contributed by atoms with E-state index in [9.17, 15) is 4.79 Å². The number of hydrogen-bond acceptors (Lipinski definition) is 2. The molecule has 0 heterocycles. The van der Waals surface area contributed by atoms with Crippen LogP contribution in [-0.2, 0) is 16.1 Å². The Morgan fingerprint density at radius 2 is 2.10 bits per heavy atom. The van der Waals surface area contributed by atoms with Gasteiger partial charge in [-0.15, -0.1) is 0 Å². The first-order chi connectivity index (χ1) is 9.75. The van der Waals surface area contributed by atoms with Crippen molar-refractivity contribution in [3.63, 3.8) is 0 Å². The number of esters is 1. The van der Waals surface area contributed by atoms with Gasteiger partial charge in [-0.25, -0.2) is 0 Å². The highest BCUT2D eigenvalue weighted by Gasteiger charge is 2.61. The van der Waals surface area contributed by atoms with Crippen molar-refractivity contribution in [2.24, 2.45) is 17.3 Å². The summed E-state index contributed by atoms with van der Waals surface area (Å²) in [5.74, 6) is -0.487. The van der Waals surface area contributed by atoms with Gasteiger partial charge in [-0.05, 0) is 29.5 Å². The maximum atomic E-state index is 12.2. The van der Waals surface area contributed by atoms with Crippen molar-refractivity contribution in [3.8, 4) is 0 Å². The Balaban J connectivity index is 2.02. The lowest BCUT2D eigenvalue weighted by molar-refractivity contribution is -0.147. The van der Waals surface area contributed by atoms with E-state index in [-0.39, 0.29) is 34.3 Å². The molecule has 0 radical (unpaired) electrons. The van der Waals surface area contributed by atoms with Crippen molar-refractivity contribution in [2.45, 2.75) is 20.5 Å². The maximum absolute atomic E-state index is 12.2. The lowest BCUT2D eigenvalue weighted by atomic mass is 10.1. The number of halogens is 4. The zero-order valence-corrected chi connectivity index (χ0v) is 15.4. The predicted molar refractivity (Wildman–Crippen MR) is 89.5 cm³/mol. The van der Waals surface area contributed by atoms with Gasteiger partial charge in [0, 0.05) is 15.1 Å². The van der Waals surface area contributed by atoms with E-state index < -0.39 is 0 Å². The zero-order valence-electron chi connectivity index (χ0n) is 11.5. The molecule has 0 aromatic heterocycles. The van der Waals surface area contributed by atoms with Crippen molar-refractivity contribution in [1.82, 2.24) is 0 Å². The molecule has 114 valence electrons. The Bertz CT molecular complexity index is 574. The number of rotatable bonds is 4. The van der Waals surface area contributed by atoms with Crippen LogP contribution >= 0.6 is 50.7 Å². The summed E-state index contributed by atoms with van der Waals surface area (Å²) in [7, 11) is 0. The fraction of sp³-hybridized carbons (Fsp3) is 0.400. The minimum absolute atomic E-state index is 0.00434. The van der Waals surface area contributed by atoms with Gasteiger partial charge in [0.25, 0.3) is 0 Å². The molecule has 0 amide bonds. The first-order valence-corrected chi connectivity index (χ1v) is 8.30.